The van der Waals surface area contributed by atoms with Gasteiger partial charge in [0.05, 0.1) is 7.11 Å². The van der Waals surface area contributed by atoms with Crippen molar-refractivity contribution in [2.75, 3.05) is 19.1 Å². The number of carboxylic acid groups (broad SMARTS) is 1. The van der Waals surface area contributed by atoms with E-state index in [1.165, 1.54) is 4.90 Å². The topological polar surface area (TPSA) is 78.9 Å². The van der Waals surface area contributed by atoms with E-state index in [4.69, 9.17) is 9.84 Å². The first-order chi connectivity index (χ1) is 9.85. The first kappa shape index (κ1) is 16.8. The quantitative estimate of drug-likeness (QED) is 0.844. The Morgan fingerprint density at radius 2 is 1.86 bits per heavy atom. The Morgan fingerprint density at radius 3 is 2.29 bits per heavy atom. The Morgan fingerprint density at radius 1 is 1.29 bits per heavy atom. The Kier molecular flexibility index (Phi) is 6.02. The van der Waals surface area contributed by atoms with Crippen LogP contribution in [0.2, 0.25) is 0 Å². The third-order valence-electron chi connectivity index (χ3n) is 3.07. The average Bonchev–Trinajstić information content (AvgIpc) is 2.45. The summed E-state index contributed by atoms with van der Waals surface area (Å²) in [4.78, 5) is 24.6. The smallest absolute Gasteiger partial charge is 0.326 e. The molecule has 21 heavy (non-hydrogen) atoms. The summed E-state index contributed by atoms with van der Waals surface area (Å²) in [6, 6.07) is 5.60. The third-order valence-corrected chi connectivity index (χ3v) is 3.07. The van der Waals surface area contributed by atoms with Gasteiger partial charge in [-0.1, -0.05) is 13.8 Å². The third kappa shape index (κ3) is 4.98. The van der Waals surface area contributed by atoms with Crippen molar-refractivity contribution >= 4 is 17.7 Å². The second kappa shape index (κ2) is 7.52. The van der Waals surface area contributed by atoms with E-state index in [1.54, 1.807) is 38.4 Å². The molecule has 0 aliphatic carbocycles. The van der Waals surface area contributed by atoms with E-state index >= 15 is 0 Å². The van der Waals surface area contributed by atoms with Crippen LogP contribution in [0.5, 0.6) is 5.75 Å². The first-order valence-corrected chi connectivity index (χ1v) is 6.76. The molecule has 1 unspecified atom stereocenters. The van der Waals surface area contributed by atoms with Crippen LogP contribution in [0.25, 0.3) is 0 Å². The van der Waals surface area contributed by atoms with Crippen molar-refractivity contribution < 1.29 is 19.4 Å². The van der Waals surface area contributed by atoms with Gasteiger partial charge in [0, 0.05) is 12.7 Å². The van der Waals surface area contributed by atoms with Crippen LogP contribution in [0.3, 0.4) is 0 Å². The van der Waals surface area contributed by atoms with Crippen LogP contribution >= 0.6 is 0 Å². The Balaban J connectivity index is 2.73. The molecule has 0 aromatic heterocycles. The standard InChI is InChI=1S/C15H22N2O4/c1-10(2)9-13(14(18)19)16-15(20)17(3)11-5-7-12(21-4)8-6-11/h5-8,10,13H,9H2,1-4H3,(H,16,20)(H,18,19). The normalized spacial score (nSPS) is 11.9. The number of hydrogen-bond acceptors (Lipinski definition) is 3. The van der Waals surface area contributed by atoms with Crippen molar-refractivity contribution in [1.29, 1.82) is 0 Å². The highest BCUT2D eigenvalue weighted by molar-refractivity contribution is 5.94. The molecule has 2 amide bonds. The number of rotatable bonds is 6. The highest BCUT2D eigenvalue weighted by Gasteiger charge is 2.23. The van der Waals surface area contributed by atoms with Crippen LogP contribution in [-0.2, 0) is 4.79 Å². The van der Waals surface area contributed by atoms with Gasteiger partial charge in [-0.15, -0.1) is 0 Å². The van der Waals surface area contributed by atoms with Crippen LogP contribution in [0.1, 0.15) is 20.3 Å². The van der Waals surface area contributed by atoms with Crippen LogP contribution in [0.4, 0.5) is 10.5 Å². The second-order valence-electron chi connectivity index (χ2n) is 5.23. The van der Waals surface area contributed by atoms with Crippen molar-refractivity contribution in [2.45, 2.75) is 26.3 Å². The molecule has 1 aromatic carbocycles. The lowest BCUT2D eigenvalue weighted by Crippen LogP contribution is -2.47. The monoisotopic (exact) mass is 294 g/mol. The molecule has 0 bridgehead atoms. The predicted molar refractivity (Wildman–Crippen MR) is 80.8 cm³/mol. The molecule has 0 saturated heterocycles. The summed E-state index contributed by atoms with van der Waals surface area (Å²) in [6.07, 6.45) is 0.386. The zero-order valence-corrected chi connectivity index (χ0v) is 12.8. The van der Waals surface area contributed by atoms with Gasteiger partial charge in [0.15, 0.2) is 0 Å². The molecule has 1 atom stereocenters. The lowest BCUT2D eigenvalue weighted by atomic mass is 10.0. The molecular weight excluding hydrogens is 272 g/mol. The number of aliphatic carboxylic acids is 1. The Hall–Kier alpha value is -2.24. The van der Waals surface area contributed by atoms with Gasteiger partial charge in [0.2, 0.25) is 0 Å². The molecule has 2 N–H and O–H groups in total. The molecule has 116 valence electrons. The van der Waals surface area contributed by atoms with E-state index in [0.717, 1.165) is 0 Å². The van der Waals surface area contributed by atoms with Crippen LogP contribution in [0.15, 0.2) is 24.3 Å². The Labute approximate surface area is 124 Å². The molecule has 6 heteroatoms. The maximum Gasteiger partial charge on any atom is 0.326 e. The minimum Gasteiger partial charge on any atom is -0.497 e. The number of urea groups is 1. The van der Waals surface area contributed by atoms with Gasteiger partial charge in [-0.25, -0.2) is 9.59 Å². The largest absolute Gasteiger partial charge is 0.497 e. The second-order valence-corrected chi connectivity index (χ2v) is 5.23. The number of nitrogens with zero attached hydrogens (tertiary/aromatic N) is 1. The maximum atomic E-state index is 12.1. The number of carboxylic acids is 1. The zero-order chi connectivity index (χ0) is 16.0. The van der Waals surface area contributed by atoms with Gasteiger partial charge in [0.25, 0.3) is 0 Å². The van der Waals surface area contributed by atoms with Gasteiger partial charge in [-0.05, 0) is 36.6 Å². The van der Waals surface area contributed by atoms with E-state index in [2.05, 4.69) is 5.32 Å². The summed E-state index contributed by atoms with van der Waals surface area (Å²) >= 11 is 0. The van der Waals surface area contributed by atoms with E-state index in [-0.39, 0.29) is 5.92 Å². The molecule has 0 aliphatic heterocycles. The van der Waals surface area contributed by atoms with Gasteiger partial charge in [-0.3, -0.25) is 4.90 Å². The number of anilines is 1. The number of carbonyl (C=O) groups is 2. The number of carbonyl (C=O) groups excluding carboxylic acids is 1. The lowest BCUT2D eigenvalue weighted by Gasteiger charge is -2.22. The molecule has 1 rings (SSSR count). The fourth-order valence-corrected chi connectivity index (χ4v) is 1.86. The van der Waals surface area contributed by atoms with E-state index < -0.39 is 18.0 Å². The minimum atomic E-state index is -1.03. The van der Waals surface area contributed by atoms with Crippen LogP contribution < -0.4 is 15.0 Å². The molecule has 0 radical (unpaired) electrons. The fourth-order valence-electron chi connectivity index (χ4n) is 1.86. The van der Waals surface area contributed by atoms with Crippen molar-refractivity contribution in [1.82, 2.24) is 5.32 Å². The molecule has 0 aliphatic rings. The fraction of sp³-hybridized carbons (Fsp3) is 0.467. The summed E-state index contributed by atoms with van der Waals surface area (Å²) in [5.74, 6) is -0.159. The first-order valence-electron chi connectivity index (χ1n) is 6.76. The average molecular weight is 294 g/mol. The van der Waals surface area contributed by atoms with Gasteiger partial charge in [0.1, 0.15) is 11.8 Å². The summed E-state index contributed by atoms with van der Waals surface area (Å²) in [5.41, 5.74) is 0.655. The molecule has 6 nitrogen and oxygen atoms in total. The van der Waals surface area contributed by atoms with Crippen molar-refractivity contribution in [3.05, 3.63) is 24.3 Å². The highest BCUT2D eigenvalue weighted by atomic mass is 16.5. The molecule has 0 spiro atoms. The number of amides is 2. The number of ether oxygens (including phenoxy) is 1. The lowest BCUT2D eigenvalue weighted by molar-refractivity contribution is -0.139. The van der Waals surface area contributed by atoms with Crippen LogP contribution in [-0.4, -0.2) is 37.3 Å². The van der Waals surface area contributed by atoms with Crippen molar-refractivity contribution in [2.24, 2.45) is 5.92 Å². The summed E-state index contributed by atoms with van der Waals surface area (Å²) in [5, 5.41) is 11.7. The number of methoxy groups -OCH3 is 1. The summed E-state index contributed by atoms with van der Waals surface area (Å²) in [6.45, 7) is 3.82. The van der Waals surface area contributed by atoms with E-state index in [1.807, 2.05) is 13.8 Å². The summed E-state index contributed by atoms with van der Waals surface area (Å²) in [7, 11) is 3.15. The molecule has 0 saturated carbocycles. The molecular formula is C15H22N2O4. The summed E-state index contributed by atoms with van der Waals surface area (Å²) < 4.78 is 5.05. The van der Waals surface area contributed by atoms with Crippen LogP contribution in [0, 0.1) is 5.92 Å². The predicted octanol–water partition coefficient (Wildman–Crippen LogP) is 2.34. The van der Waals surface area contributed by atoms with E-state index in [0.29, 0.717) is 17.9 Å². The van der Waals surface area contributed by atoms with Crippen molar-refractivity contribution in [3.63, 3.8) is 0 Å². The molecule has 0 fully saturated rings. The molecule has 0 heterocycles. The zero-order valence-electron chi connectivity index (χ0n) is 12.8. The van der Waals surface area contributed by atoms with Gasteiger partial charge in [-0.2, -0.15) is 0 Å². The minimum absolute atomic E-state index is 0.178. The maximum absolute atomic E-state index is 12.1. The number of nitrogens with one attached hydrogen (secondary N) is 1. The van der Waals surface area contributed by atoms with Gasteiger partial charge >= 0.3 is 12.0 Å². The molecule has 1 aromatic rings. The van der Waals surface area contributed by atoms with Crippen molar-refractivity contribution in [3.8, 4) is 5.75 Å². The van der Waals surface area contributed by atoms with Gasteiger partial charge < -0.3 is 15.2 Å². The highest BCUT2D eigenvalue weighted by Crippen LogP contribution is 2.18. The number of hydrogen-bond donors (Lipinski definition) is 2. The Bertz CT molecular complexity index is 485. The SMILES string of the molecule is COc1ccc(N(C)C(=O)NC(CC(C)C)C(=O)O)cc1. The van der Waals surface area contributed by atoms with E-state index in [9.17, 15) is 9.59 Å². The number of benzene rings is 1.